The van der Waals surface area contributed by atoms with Gasteiger partial charge in [-0.3, -0.25) is 4.79 Å². The molecule has 0 radical (unpaired) electrons. The van der Waals surface area contributed by atoms with E-state index < -0.39 is 0 Å². The second-order valence-electron chi connectivity index (χ2n) is 5.77. The molecule has 2 rings (SSSR count). The first-order valence-electron chi connectivity index (χ1n) is 7.60. The number of ketones is 1. The summed E-state index contributed by atoms with van der Waals surface area (Å²) in [6.07, 6.45) is 2.23. The Bertz CT molecular complexity index is 408. The lowest BCUT2D eigenvalue weighted by Gasteiger charge is -2.31. The lowest BCUT2D eigenvalue weighted by Crippen LogP contribution is -2.38. The summed E-state index contributed by atoms with van der Waals surface area (Å²) in [5.41, 5.74) is 0.856. The summed E-state index contributed by atoms with van der Waals surface area (Å²) in [5, 5.41) is 0. The molecule has 20 heavy (non-hydrogen) atoms. The van der Waals surface area contributed by atoms with Gasteiger partial charge in [0.05, 0.1) is 12.7 Å². The molecule has 1 fully saturated rings. The highest BCUT2D eigenvalue weighted by atomic mass is 16.5. The number of piperidine rings is 1. The van der Waals surface area contributed by atoms with Gasteiger partial charge in [0.15, 0.2) is 5.78 Å². The molecule has 1 aliphatic heterocycles. The van der Waals surface area contributed by atoms with Gasteiger partial charge < -0.3 is 9.64 Å². The zero-order valence-electron chi connectivity index (χ0n) is 12.5. The third-order valence-electron chi connectivity index (χ3n) is 3.88. The molecule has 0 saturated carbocycles. The monoisotopic (exact) mass is 275 g/mol. The number of nitrogens with zero attached hydrogens (tertiary/aromatic N) is 1. The molecule has 1 aliphatic rings. The number of hydrogen-bond donors (Lipinski definition) is 0. The molecule has 0 aromatic heterocycles. The van der Waals surface area contributed by atoms with Crippen molar-refractivity contribution >= 4 is 5.78 Å². The second-order valence-corrected chi connectivity index (χ2v) is 5.77. The third-order valence-corrected chi connectivity index (χ3v) is 3.88. The van der Waals surface area contributed by atoms with Crippen LogP contribution < -0.4 is 0 Å². The van der Waals surface area contributed by atoms with Crippen molar-refractivity contribution in [1.29, 1.82) is 0 Å². The molecule has 3 nitrogen and oxygen atoms in total. The van der Waals surface area contributed by atoms with Crippen LogP contribution in [0, 0.1) is 5.92 Å². The fourth-order valence-corrected chi connectivity index (χ4v) is 2.67. The Morgan fingerprint density at radius 3 is 2.50 bits per heavy atom. The lowest BCUT2D eigenvalue weighted by atomic mass is 9.89. The van der Waals surface area contributed by atoms with Crippen molar-refractivity contribution in [2.24, 2.45) is 5.92 Å². The Labute approximate surface area is 121 Å². The van der Waals surface area contributed by atoms with Gasteiger partial charge in [0.1, 0.15) is 0 Å². The summed E-state index contributed by atoms with van der Waals surface area (Å²) in [7, 11) is 0. The molecule has 3 heteroatoms. The van der Waals surface area contributed by atoms with Crippen LogP contribution in [-0.4, -0.2) is 43.0 Å². The standard InChI is InChI=1S/C17H25NO2/c1-14(2)20-13-12-18-10-8-16(9-11-18)17(19)15-6-4-3-5-7-15/h3-7,14,16H,8-13H2,1-2H3. The van der Waals surface area contributed by atoms with Crippen LogP contribution in [-0.2, 0) is 4.74 Å². The molecule has 1 saturated heterocycles. The Morgan fingerprint density at radius 2 is 1.90 bits per heavy atom. The number of ether oxygens (including phenoxy) is 1. The number of hydrogen-bond acceptors (Lipinski definition) is 3. The van der Waals surface area contributed by atoms with Crippen LogP contribution in [0.3, 0.4) is 0 Å². The minimum Gasteiger partial charge on any atom is -0.377 e. The van der Waals surface area contributed by atoms with Crippen molar-refractivity contribution in [2.75, 3.05) is 26.2 Å². The third kappa shape index (κ3) is 4.43. The first-order valence-corrected chi connectivity index (χ1v) is 7.60. The van der Waals surface area contributed by atoms with E-state index in [1.54, 1.807) is 0 Å². The predicted octanol–water partition coefficient (Wildman–Crippen LogP) is 3.01. The van der Waals surface area contributed by atoms with E-state index in [0.717, 1.165) is 44.6 Å². The van der Waals surface area contributed by atoms with E-state index in [9.17, 15) is 4.79 Å². The quantitative estimate of drug-likeness (QED) is 0.747. The summed E-state index contributed by atoms with van der Waals surface area (Å²) in [5.74, 6) is 0.503. The van der Waals surface area contributed by atoms with Gasteiger partial charge in [-0.15, -0.1) is 0 Å². The molecule has 0 atom stereocenters. The normalized spacial score (nSPS) is 17.6. The van der Waals surface area contributed by atoms with Gasteiger partial charge in [-0.25, -0.2) is 0 Å². The molecule has 110 valence electrons. The van der Waals surface area contributed by atoms with Crippen molar-refractivity contribution < 1.29 is 9.53 Å². The maximum atomic E-state index is 12.4. The average molecular weight is 275 g/mol. The van der Waals surface area contributed by atoms with Crippen LogP contribution >= 0.6 is 0 Å². The molecule has 1 heterocycles. The molecular weight excluding hydrogens is 250 g/mol. The highest BCUT2D eigenvalue weighted by molar-refractivity contribution is 5.97. The molecule has 0 aliphatic carbocycles. The van der Waals surface area contributed by atoms with Gasteiger partial charge in [-0.2, -0.15) is 0 Å². The van der Waals surface area contributed by atoms with E-state index in [1.807, 2.05) is 30.3 Å². The van der Waals surface area contributed by atoms with Crippen LogP contribution in [0.4, 0.5) is 0 Å². The maximum absolute atomic E-state index is 12.4. The van der Waals surface area contributed by atoms with Crippen LogP contribution in [0.2, 0.25) is 0 Å². The first-order chi connectivity index (χ1) is 9.66. The Morgan fingerprint density at radius 1 is 1.25 bits per heavy atom. The molecule has 1 aromatic carbocycles. The summed E-state index contributed by atoms with van der Waals surface area (Å²) < 4.78 is 5.58. The molecule has 0 N–H and O–H groups in total. The zero-order valence-corrected chi connectivity index (χ0v) is 12.5. The highest BCUT2D eigenvalue weighted by Gasteiger charge is 2.25. The number of carbonyl (C=O) groups is 1. The van der Waals surface area contributed by atoms with Crippen molar-refractivity contribution in [2.45, 2.75) is 32.8 Å². The van der Waals surface area contributed by atoms with E-state index >= 15 is 0 Å². The SMILES string of the molecule is CC(C)OCCN1CCC(C(=O)c2ccccc2)CC1. The average Bonchev–Trinajstić information content (AvgIpc) is 2.48. The van der Waals surface area contributed by atoms with E-state index in [0.29, 0.717) is 11.9 Å². The van der Waals surface area contributed by atoms with E-state index in [4.69, 9.17) is 4.74 Å². The predicted molar refractivity (Wildman–Crippen MR) is 81.0 cm³/mol. The van der Waals surface area contributed by atoms with Crippen LogP contribution in [0.25, 0.3) is 0 Å². The molecule has 0 bridgehead atoms. The second kappa shape index (κ2) is 7.55. The van der Waals surface area contributed by atoms with Crippen molar-refractivity contribution in [3.05, 3.63) is 35.9 Å². The largest absolute Gasteiger partial charge is 0.377 e. The molecule has 1 aromatic rings. The molecular formula is C17H25NO2. The number of rotatable bonds is 6. The molecule has 0 amide bonds. The van der Waals surface area contributed by atoms with Gasteiger partial charge in [-0.05, 0) is 39.8 Å². The van der Waals surface area contributed by atoms with Gasteiger partial charge in [0.25, 0.3) is 0 Å². The van der Waals surface area contributed by atoms with Crippen molar-refractivity contribution in [3.63, 3.8) is 0 Å². The van der Waals surface area contributed by atoms with Crippen LogP contribution in [0.1, 0.15) is 37.0 Å². The van der Waals surface area contributed by atoms with Gasteiger partial charge in [0.2, 0.25) is 0 Å². The maximum Gasteiger partial charge on any atom is 0.166 e. The van der Waals surface area contributed by atoms with Gasteiger partial charge in [-0.1, -0.05) is 30.3 Å². The van der Waals surface area contributed by atoms with E-state index in [1.165, 1.54) is 0 Å². The van der Waals surface area contributed by atoms with Crippen molar-refractivity contribution in [1.82, 2.24) is 4.90 Å². The van der Waals surface area contributed by atoms with Crippen LogP contribution in [0.15, 0.2) is 30.3 Å². The summed E-state index contributed by atoms with van der Waals surface area (Å²) in [6.45, 7) is 7.89. The summed E-state index contributed by atoms with van der Waals surface area (Å²) in [6, 6.07) is 9.67. The lowest BCUT2D eigenvalue weighted by molar-refractivity contribution is 0.0495. The van der Waals surface area contributed by atoms with Crippen LogP contribution in [0.5, 0.6) is 0 Å². The first kappa shape index (κ1) is 15.2. The topological polar surface area (TPSA) is 29.5 Å². The highest BCUT2D eigenvalue weighted by Crippen LogP contribution is 2.21. The Balaban J connectivity index is 1.75. The Hall–Kier alpha value is -1.19. The minimum absolute atomic E-state index is 0.194. The zero-order chi connectivity index (χ0) is 14.4. The number of carbonyl (C=O) groups excluding carboxylic acids is 1. The minimum atomic E-state index is 0.194. The summed E-state index contributed by atoms with van der Waals surface area (Å²) in [4.78, 5) is 14.8. The smallest absolute Gasteiger partial charge is 0.166 e. The number of Topliss-reactive ketones (excluding diaryl/α,β-unsaturated/α-hetero) is 1. The number of benzene rings is 1. The fourth-order valence-electron chi connectivity index (χ4n) is 2.67. The van der Waals surface area contributed by atoms with Gasteiger partial charge in [0, 0.05) is 18.0 Å². The number of likely N-dealkylation sites (tertiary alicyclic amines) is 1. The van der Waals surface area contributed by atoms with Crippen molar-refractivity contribution in [3.8, 4) is 0 Å². The molecule has 0 spiro atoms. The van der Waals surface area contributed by atoms with E-state index in [-0.39, 0.29) is 5.92 Å². The summed E-state index contributed by atoms with van der Waals surface area (Å²) >= 11 is 0. The molecule has 0 unspecified atom stereocenters. The van der Waals surface area contributed by atoms with Gasteiger partial charge >= 0.3 is 0 Å². The van der Waals surface area contributed by atoms with E-state index in [2.05, 4.69) is 18.7 Å². The fraction of sp³-hybridized carbons (Fsp3) is 0.588. The Kier molecular flexibility index (Phi) is 5.74.